The second-order valence-electron chi connectivity index (χ2n) is 15.7. The minimum Gasteiger partial charge on any atom is -0.393 e. The molecule has 1 spiro atoms. The molecule has 9 heteroatoms. The van der Waals surface area contributed by atoms with Gasteiger partial charge in [-0.05, 0) is 98.7 Å². The Morgan fingerprint density at radius 1 is 1.05 bits per heavy atom. The van der Waals surface area contributed by atoms with Gasteiger partial charge in [0.2, 0.25) is 10.0 Å². The molecule has 0 radical (unpaired) electrons. The van der Waals surface area contributed by atoms with E-state index in [0.717, 1.165) is 57.9 Å². The summed E-state index contributed by atoms with van der Waals surface area (Å²) in [4.78, 5) is 2.73. The van der Waals surface area contributed by atoms with Gasteiger partial charge in [0.15, 0.2) is 0 Å². The van der Waals surface area contributed by atoms with Crippen LogP contribution in [0, 0.1) is 30.6 Å². The SMILES string of the molecule is Cc1cccc(C)c1C1CC2NC(N1)NS(=O)(=O)C1CCCC(C1)CN(C1CC3(CC(O)C3)C1)[C@H](CC(C)(C)C)CO2. The van der Waals surface area contributed by atoms with Crippen molar-refractivity contribution in [1.82, 2.24) is 20.3 Å². The van der Waals surface area contributed by atoms with E-state index in [1.54, 1.807) is 0 Å². The summed E-state index contributed by atoms with van der Waals surface area (Å²) < 4.78 is 37.5. The maximum atomic E-state index is 13.8. The third-order valence-corrected chi connectivity index (χ3v) is 12.8. The summed E-state index contributed by atoms with van der Waals surface area (Å²) >= 11 is 0. The van der Waals surface area contributed by atoms with Gasteiger partial charge in [-0.25, -0.2) is 8.42 Å². The van der Waals surface area contributed by atoms with Crippen LogP contribution in [0.3, 0.4) is 0 Å². The van der Waals surface area contributed by atoms with Gasteiger partial charge in [0, 0.05) is 31.1 Å². The van der Waals surface area contributed by atoms with Crippen LogP contribution in [0.4, 0.5) is 0 Å². The summed E-state index contributed by atoms with van der Waals surface area (Å²) in [6.07, 6.45) is 8.38. The van der Waals surface area contributed by atoms with E-state index in [9.17, 15) is 13.5 Å². The molecule has 4 bridgehead atoms. The van der Waals surface area contributed by atoms with Crippen LogP contribution in [-0.2, 0) is 14.8 Å². The Morgan fingerprint density at radius 2 is 1.76 bits per heavy atom. The predicted molar refractivity (Wildman–Crippen MR) is 166 cm³/mol. The second-order valence-corrected chi connectivity index (χ2v) is 17.7. The molecule has 0 amide bonds. The van der Waals surface area contributed by atoms with Crippen molar-refractivity contribution in [2.45, 2.75) is 141 Å². The average Bonchev–Trinajstić information content (AvgIpc) is 2.85. The van der Waals surface area contributed by atoms with E-state index in [1.807, 2.05) is 0 Å². The number of rotatable bonds is 3. The molecular formula is C33H54N4O4S. The summed E-state index contributed by atoms with van der Waals surface area (Å²) in [5.74, 6) is 0.356. The Kier molecular flexibility index (Phi) is 8.61. The van der Waals surface area contributed by atoms with Gasteiger partial charge in [0.05, 0.1) is 18.0 Å². The minimum absolute atomic E-state index is 0.0249. The van der Waals surface area contributed by atoms with Crippen molar-refractivity contribution < 1.29 is 18.3 Å². The Morgan fingerprint density at radius 3 is 2.43 bits per heavy atom. The number of fused-ring (bicyclic) bond motifs is 4. The van der Waals surface area contributed by atoms with Crippen molar-refractivity contribution in [1.29, 1.82) is 0 Å². The maximum absolute atomic E-state index is 13.8. The van der Waals surface area contributed by atoms with E-state index in [2.05, 4.69) is 73.1 Å². The molecule has 236 valence electrons. The number of aliphatic hydroxyl groups is 1. The number of sulfonamides is 1. The third kappa shape index (κ3) is 6.63. The number of ether oxygens (including phenoxy) is 1. The first-order chi connectivity index (χ1) is 19.8. The lowest BCUT2D eigenvalue weighted by Crippen LogP contribution is -2.64. The number of nitrogens with zero attached hydrogens (tertiary/aromatic N) is 1. The molecule has 2 saturated heterocycles. The fourth-order valence-corrected chi connectivity index (χ4v) is 10.7. The molecular weight excluding hydrogens is 548 g/mol. The van der Waals surface area contributed by atoms with Gasteiger partial charge in [-0.1, -0.05) is 45.4 Å². The predicted octanol–water partition coefficient (Wildman–Crippen LogP) is 4.46. The van der Waals surface area contributed by atoms with Crippen LogP contribution in [-0.4, -0.2) is 67.5 Å². The van der Waals surface area contributed by atoms with Crippen molar-refractivity contribution in [3.8, 4) is 0 Å². The summed E-state index contributed by atoms with van der Waals surface area (Å²) in [7, 11) is -3.54. The number of aryl methyl sites for hydroxylation is 2. The monoisotopic (exact) mass is 602 g/mol. The normalized spacial score (nSPS) is 41.1. The van der Waals surface area contributed by atoms with Crippen molar-refractivity contribution >= 4 is 10.0 Å². The standard InChI is InChI=1S/C33H54N4O4S/c1-21-8-6-9-22(2)30(21)28-13-29-35-31(34-28)36-42(39,40)27-11-7-10-23(12-27)19-37(25(20-41-29)14-32(3,4)5)24-15-33(16-24)17-26(38)18-33/h6,8-9,23-29,31,34-36,38H,7,10-20H2,1-5H3/t23?,24?,25-,26?,27?,28?,29?,31?,33?/m1/s1. The van der Waals surface area contributed by atoms with E-state index >= 15 is 0 Å². The lowest BCUT2D eigenvalue weighted by molar-refractivity contribution is -0.143. The van der Waals surface area contributed by atoms with Crippen molar-refractivity contribution in [2.75, 3.05) is 13.2 Å². The van der Waals surface area contributed by atoms with Crippen LogP contribution >= 0.6 is 0 Å². The number of hydrogen-bond donors (Lipinski definition) is 4. The average molecular weight is 603 g/mol. The molecule has 2 heterocycles. The van der Waals surface area contributed by atoms with Gasteiger partial charge >= 0.3 is 0 Å². The van der Waals surface area contributed by atoms with Crippen LogP contribution < -0.4 is 15.4 Å². The van der Waals surface area contributed by atoms with E-state index in [1.165, 1.54) is 16.7 Å². The number of benzene rings is 1. The number of nitrogens with one attached hydrogen (secondary N) is 3. The highest BCUT2D eigenvalue weighted by atomic mass is 32.2. The molecule has 5 aliphatic rings. The van der Waals surface area contributed by atoms with Crippen LogP contribution in [0.25, 0.3) is 0 Å². The van der Waals surface area contributed by atoms with Crippen molar-refractivity contribution in [3.63, 3.8) is 0 Å². The highest BCUT2D eigenvalue weighted by molar-refractivity contribution is 7.90. The maximum Gasteiger partial charge on any atom is 0.216 e. The zero-order valence-corrected chi connectivity index (χ0v) is 27.2. The van der Waals surface area contributed by atoms with Crippen molar-refractivity contribution in [3.05, 3.63) is 34.9 Å². The van der Waals surface area contributed by atoms with Crippen LogP contribution in [0.5, 0.6) is 0 Å². The van der Waals surface area contributed by atoms with Gasteiger partial charge in [0.1, 0.15) is 12.5 Å². The third-order valence-electron chi connectivity index (χ3n) is 10.9. The van der Waals surface area contributed by atoms with Crippen molar-refractivity contribution in [2.24, 2.45) is 16.7 Å². The molecule has 6 rings (SSSR count). The molecule has 3 saturated carbocycles. The lowest BCUT2D eigenvalue weighted by atomic mass is 9.52. The largest absolute Gasteiger partial charge is 0.393 e. The zero-order chi connectivity index (χ0) is 29.9. The highest BCUT2D eigenvalue weighted by Crippen LogP contribution is 2.58. The molecule has 0 aromatic heterocycles. The zero-order valence-electron chi connectivity index (χ0n) is 26.4. The smallest absolute Gasteiger partial charge is 0.216 e. The van der Waals surface area contributed by atoms with E-state index in [-0.39, 0.29) is 35.1 Å². The first kappa shape index (κ1) is 30.9. The molecule has 5 unspecified atom stereocenters. The van der Waals surface area contributed by atoms with Crippen LogP contribution in [0.1, 0.15) is 108 Å². The molecule has 4 N–H and O–H groups in total. The summed E-state index contributed by atoms with van der Waals surface area (Å²) in [6.45, 7) is 12.8. The molecule has 5 fully saturated rings. The number of aliphatic hydroxyl groups excluding tert-OH is 1. The molecule has 8 nitrogen and oxygen atoms in total. The second kappa shape index (κ2) is 11.7. The molecule has 2 aliphatic heterocycles. The van der Waals surface area contributed by atoms with E-state index in [4.69, 9.17) is 4.74 Å². The minimum atomic E-state index is -3.54. The van der Waals surface area contributed by atoms with Gasteiger partial charge in [-0.15, -0.1) is 0 Å². The van der Waals surface area contributed by atoms with Gasteiger partial charge in [-0.2, -0.15) is 4.72 Å². The Balaban J connectivity index is 1.31. The molecule has 6 atom stereocenters. The van der Waals surface area contributed by atoms with Gasteiger partial charge < -0.3 is 9.84 Å². The van der Waals surface area contributed by atoms with Crippen LogP contribution in [0.15, 0.2) is 18.2 Å². The summed E-state index contributed by atoms with van der Waals surface area (Å²) in [5, 5.41) is 16.8. The fraction of sp³-hybridized carbons (Fsp3) is 0.818. The Labute approximate surface area is 253 Å². The molecule has 3 aliphatic carbocycles. The Bertz CT molecular complexity index is 1200. The lowest BCUT2D eigenvalue weighted by Gasteiger charge is -2.60. The van der Waals surface area contributed by atoms with Gasteiger partial charge in [0.25, 0.3) is 0 Å². The van der Waals surface area contributed by atoms with E-state index < -0.39 is 16.3 Å². The van der Waals surface area contributed by atoms with Gasteiger partial charge in [-0.3, -0.25) is 15.5 Å². The highest BCUT2D eigenvalue weighted by Gasteiger charge is 2.55. The molecule has 42 heavy (non-hydrogen) atoms. The molecule has 1 aromatic carbocycles. The quantitative estimate of drug-likeness (QED) is 0.405. The summed E-state index contributed by atoms with van der Waals surface area (Å²) in [6, 6.07) is 7.06. The topological polar surface area (TPSA) is 103 Å². The number of hydrogen-bond acceptors (Lipinski definition) is 7. The first-order valence-electron chi connectivity index (χ1n) is 16.4. The van der Waals surface area contributed by atoms with E-state index in [0.29, 0.717) is 36.8 Å². The first-order valence-corrected chi connectivity index (χ1v) is 18.0. The fourth-order valence-electron chi connectivity index (χ4n) is 9.05. The van der Waals surface area contributed by atoms with Crippen LogP contribution in [0.2, 0.25) is 0 Å². The summed E-state index contributed by atoms with van der Waals surface area (Å²) in [5.41, 5.74) is 4.11. The molecule has 1 aromatic rings. The Hall–Kier alpha value is -1.07.